The maximum Gasteiger partial charge on any atom is 0.254 e. The van der Waals surface area contributed by atoms with E-state index in [1.807, 2.05) is 76.5 Å². The first kappa shape index (κ1) is 16.1. The van der Waals surface area contributed by atoms with Gasteiger partial charge in [0.05, 0.1) is 0 Å². The molecular formula is C21H22N2O. The fourth-order valence-corrected chi connectivity index (χ4v) is 2.79. The van der Waals surface area contributed by atoms with Crippen molar-refractivity contribution >= 4 is 5.91 Å². The van der Waals surface area contributed by atoms with Crippen LogP contribution in [0.4, 0.5) is 0 Å². The average molecular weight is 318 g/mol. The Labute approximate surface area is 143 Å². The summed E-state index contributed by atoms with van der Waals surface area (Å²) in [6, 6.07) is 21.9. The molecule has 3 heteroatoms. The molecule has 24 heavy (non-hydrogen) atoms. The lowest BCUT2D eigenvalue weighted by molar-refractivity contribution is 0.0743. The standard InChI is InChI=1S/C21H22N2O/c1-2-14-23(17-18-8-4-3-5-9-18)21(24)19-10-12-20(13-11-19)22-15-6-7-16-22/h3-13,15-16H,2,14,17H2,1H3. The number of benzene rings is 2. The van der Waals surface area contributed by atoms with Crippen molar-refractivity contribution in [2.45, 2.75) is 19.9 Å². The van der Waals surface area contributed by atoms with Gasteiger partial charge >= 0.3 is 0 Å². The summed E-state index contributed by atoms with van der Waals surface area (Å²) in [6.45, 7) is 3.50. The smallest absolute Gasteiger partial charge is 0.254 e. The van der Waals surface area contributed by atoms with Crippen molar-refractivity contribution in [3.05, 3.63) is 90.3 Å². The lowest BCUT2D eigenvalue weighted by atomic mass is 10.1. The summed E-state index contributed by atoms with van der Waals surface area (Å²) >= 11 is 0. The molecule has 0 fully saturated rings. The van der Waals surface area contributed by atoms with E-state index in [0.29, 0.717) is 6.54 Å². The van der Waals surface area contributed by atoms with E-state index in [-0.39, 0.29) is 5.91 Å². The zero-order valence-electron chi connectivity index (χ0n) is 13.9. The number of hydrogen-bond acceptors (Lipinski definition) is 1. The van der Waals surface area contributed by atoms with E-state index >= 15 is 0 Å². The van der Waals surface area contributed by atoms with E-state index in [0.717, 1.165) is 29.8 Å². The van der Waals surface area contributed by atoms with Crippen molar-refractivity contribution in [1.82, 2.24) is 9.47 Å². The number of rotatable bonds is 6. The van der Waals surface area contributed by atoms with Crippen LogP contribution in [0, 0.1) is 0 Å². The third-order valence-corrected chi connectivity index (χ3v) is 4.01. The van der Waals surface area contributed by atoms with Crippen LogP contribution in [0.3, 0.4) is 0 Å². The minimum Gasteiger partial charge on any atom is -0.334 e. The van der Waals surface area contributed by atoms with Gasteiger partial charge in [0.1, 0.15) is 0 Å². The van der Waals surface area contributed by atoms with Gasteiger partial charge in [0.2, 0.25) is 0 Å². The van der Waals surface area contributed by atoms with E-state index in [4.69, 9.17) is 0 Å². The molecule has 3 rings (SSSR count). The molecule has 0 saturated heterocycles. The van der Waals surface area contributed by atoms with Gasteiger partial charge in [-0.2, -0.15) is 0 Å². The molecule has 0 bridgehead atoms. The lowest BCUT2D eigenvalue weighted by Crippen LogP contribution is -2.31. The predicted molar refractivity (Wildman–Crippen MR) is 97.2 cm³/mol. The van der Waals surface area contributed by atoms with E-state index in [2.05, 4.69) is 19.1 Å². The third kappa shape index (κ3) is 3.74. The number of hydrogen-bond donors (Lipinski definition) is 0. The second kappa shape index (κ2) is 7.64. The van der Waals surface area contributed by atoms with Crippen LogP contribution in [0.15, 0.2) is 79.1 Å². The molecular weight excluding hydrogens is 296 g/mol. The van der Waals surface area contributed by atoms with Crippen LogP contribution in [0.5, 0.6) is 0 Å². The summed E-state index contributed by atoms with van der Waals surface area (Å²) in [5.41, 5.74) is 2.94. The molecule has 1 heterocycles. The van der Waals surface area contributed by atoms with Crippen LogP contribution in [0.2, 0.25) is 0 Å². The molecule has 0 unspecified atom stereocenters. The second-order valence-corrected chi connectivity index (χ2v) is 5.85. The molecule has 1 aromatic heterocycles. The Hall–Kier alpha value is -2.81. The normalized spacial score (nSPS) is 10.5. The van der Waals surface area contributed by atoms with E-state index in [9.17, 15) is 4.79 Å². The minimum absolute atomic E-state index is 0.0831. The zero-order valence-corrected chi connectivity index (χ0v) is 13.9. The molecule has 0 aliphatic rings. The molecule has 0 radical (unpaired) electrons. The van der Waals surface area contributed by atoms with Crippen molar-refractivity contribution in [2.24, 2.45) is 0 Å². The molecule has 1 amide bonds. The number of nitrogens with zero attached hydrogens (tertiary/aromatic N) is 2. The summed E-state index contributed by atoms with van der Waals surface area (Å²) in [5.74, 6) is 0.0831. The van der Waals surface area contributed by atoms with E-state index in [1.54, 1.807) is 0 Å². The Balaban J connectivity index is 1.77. The Morgan fingerprint density at radius 1 is 0.917 bits per heavy atom. The van der Waals surface area contributed by atoms with Crippen LogP contribution < -0.4 is 0 Å². The highest BCUT2D eigenvalue weighted by atomic mass is 16.2. The zero-order chi connectivity index (χ0) is 16.8. The fraction of sp³-hybridized carbons (Fsp3) is 0.190. The van der Waals surface area contributed by atoms with Gasteiger partial charge in [0.15, 0.2) is 0 Å². The Morgan fingerprint density at radius 3 is 2.21 bits per heavy atom. The summed E-state index contributed by atoms with van der Waals surface area (Å²) in [4.78, 5) is 14.8. The first-order chi connectivity index (χ1) is 11.8. The summed E-state index contributed by atoms with van der Waals surface area (Å²) < 4.78 is 2.03. The van der Waals surface area contributed by atoms with E-state index < -0.39 is 0 Å². The Kier molecular flexibility index (Phi) is 5.12. The maximum atomic E-state index is 12.9. The molecule has 2 aromatic carbocycles. The van der Waals surface area contributed by atoms with Gasteiger partial charge in [-0.3, -0.25) is 4.79 Å². The number of carbonyl (C=O) groups excluding carboxylic acids is 1. The van der Waals surface area contributed by atoms with Gasteiger partial charge in [0.25, 0.3) is 5.91 Å². The molecule has 0 spiro atoms. The third-order valence-electron chi connectivity index (χ3n) is 4.01. The first-order valence-corrected chi connectivity index (χ1v) is 8.34. The molecule has 0 saturated carbocycles. The molecule has 0 N–H and O–H groups in total. The van der Waals surface area contributed by atoms with Crippen LogP contribution in [0.1, 0.15) is 29.3 Å². The van der Waals surface area contributed by atoms with E-state index in [1.165, 1.54) is 0 Å². The maximum absolute atomic E-state index is 12.9. The molecule has 122 valence electrons. The lowest BCUT2D eigenvalue weighted by Gasteiger charge is -2.22. The van der Waals surface area contributed by atoms with Gasteiger partial charge in [-0.25, -0.2) is 0 Å². The molecule has 0 aliphatic carbocycles. The second-order valence-electron chi connectivity index (χ2n) is 5.85. The van der Waals surface area contributed by atoms with Gasteiger partial charge in [-0.05, 0) is 48.4 Å². The number of amides is 1. The van der Waals surface area contributed by atoms with Gasteiger partial charge in [-0.1, -0.05) is 37.3 Å². The quantitative estimate of drug-likeness (QED) is 0.655. The molecule has 0 atom stereocenters. The Bertz CT molecular complexity index is 761. The summed E-state index contributed by atoms with van der Waals surface area (Å²) in [6.07, 6.45) is 4.94. The van der Waals surface area contributed by atoms with Crippen LogP contribution in [-0.4, -0.2) is 21.9 Å². The highest BCUT2D eigenvalue weighted by Gasteiger charge is 2.15. The first-order valence-electron chi connectivity index (χ1n) is 8.34. The minimum atomic E-state index is 0.0831. The average Bonchev–Trinajstić information content (AvgIpc) is 3.16. The monoisotopic (exact) mass is 318 g/mol. The topological polar surface area (TPSA) is 25.2 Å². The molecule has 0 aliphatic heterocycles. The van der Waals surface area contributed by atoms with Crippen molar-refractivity contribution in [3.8, 4) is 5.69 Å². The van der Waals surface area contributed by atoms with Gasteiger partial charge < -0.3 is 9.47 Å². The van der Waals surface area contributed by atoms with Crippen molar-refractivity contribution in [1.29, 1.82) is 0 Å². The highest BCUT2D eigenvalue weighted by Crippen LogP contribution is 2.14. The van der Waals surface area contributed by atoms with Crippen molar-refractivity contribution in [2.75, 3.05) is 6.54 Å². The SMILES string of the molecule is CCCN(Cc1ccccc1)C(=O)c1ccc(-n2cccc2)cc1. The highest BCUT2D eigenvalue weighted by molar-refractivity contribution is 5.94. The molecule has 3 nitrogen and oxygen atoms in total. The van der Waals surface area contributed by atoms with Gasteiger partial charge in [-0.15, -0.1) is 0 Å². The molecule has 3 aromatic rings. The van der Waals surface area contributed by atoms with Crippen LogP contribution in [0.25, 0.3) is 5.69 Å². The predicted octanol–water partition coefficient (Wildman–Crippen LogP) is 4.53. The van der Waals surface area contributed by atoms with Crippen molar-refractivity contribution < 1.29 is 4.79 Å². The van der Waals surface area contributed by atoms with Crippen molar-refractivity contribution in [3.63, 3.8) is 0 Å². The number of aromatic nitrogens is 1. The fourth-order valence-electron chi connectivity index (χ4n) is 2.79. The van der Waals surface area contributed by atoms with Crippen LogP contribution in [-0.2, 0) is 6.54 Å². The largest absolute Gasteiger partial charge is 0.334 e. The Morgan fingerprint density at radius 2 is 1.58 bits per heavy atom. The summed E-state index contributed by atoms with van der Waals surface area (Å²) in [7, 11) is 0. The summed E-state index contributed by atoms with van der Waals surface area (Å²) in [5, 5.41) is 0. The van der Waals surface area contributed by atoms with Gasteiger partial charge in [0, 0.05) is 36.7 Å². The van der Waals surface area contributed by atoms with Crippen LogP contribution >= 0.6 is 0 Å². The number of carbonyl (C=O) groups is 1.